The SMILES string of the molecule is CC(=O)N1CC(c2nccc(C(=O)O)n2)C1. The van der Waals surface area contributed by atoms with Crippen LogP contribution in [0, 0.1) is 0 Å². The Morgan fingerprint density at radius 1 is 1.50 bits per heavy atom. The van der Waals surface area contributed by atoms with Crippen LogP contribution in [0.15, 0.2) is 12.3 Å². The van der Waals surface area contributed by atoms with Crippen LogP contribution >= 0.6 is 0 Å². The molecule has 0 aliphatic carbocycles. The maximum Gasteiger partial charge on any atom is 0.354 e. The average Bonchev–Trinajstić information content (AvgIpc) is 2.15. The minimum Gasteiger partial charge on any atom is -0.477 e. The van der Waals surface area contributed by atoms with Gasteiger partial charge in [0.1, 0.15) is 5.82 Å². The molecule has 1 aliphatic rings. The van der Waals surface area contributed by atoms with Crippen molar-refractivity contribution in [2.45, 2.75) is 12.8 Å². The first-order valence-electron chi connectivity index (χ1n) is 4.89. The van der Waals surface area contributed by atoms with Crippen LogP contribution in [0.5, 0.6) is 0 Å². The fraction of sp³-hybridized carbons (Fsp3) is 0.400. The molecule has 6 nitrogen and oxygen atoms in total. The van der Waals surface area contributed by atoms with Crippen LogP contribution in [0.25, 0.3) is 0 Å². The van der Waals surface area contributed by atoms with Crippen LogP contribution in [-0.2, 0) is 4.79 Å². The Morgan fingerprint density at radius 2 is 2.19 bits per heavy atom. The first-order valence-corrected chi connectivity index (χ1v) is 4.89. The van der Waals surface area contributed by atoms with Crippen molar-refractivity contribution in [1.82, 2.24) is 14.9 Å². The lowest BCUT2D eigenvalue weighted by molar-refractivity contribution is -0.133. The molecule has 0 bridgehead atoms. The second kappa shape index (κ2) is 3.88. The van der Waals surface area contributed by atoms with Crippen LogP contribution in [0.1, 0.15) is 29.2 Å². The van der Waals surface area contributed by atoms with E-state index in [1.807, 2.05) is 0 Å². The number of likely N-dealkylation sites (tertiary alicyclic amines) is 1. The first kappa shape index (κ1) is 10.5. The number of aromatic carboxylic acids is 1. The van der Waals surface area contributed by atoms with E-state index in [0.29, 0.717) is 18.9 Å². The third-order valence-corrected chi connectivity index (χ3v) is 2.59. The zero-order valence-corrected chi connectivity index (χ0v) is 8.75. The van der Waals surface area contributed by atoms with Crippen molar-refractivity contribution in [2.75, 3.05) is 13.1 Å². The molecule has 2 heterocycles. The summed E-state index contributed by atoms with van der Waals surface area (Å²) in [6.45, 7) is 2.64. The number of amides is 1. The van der Waals surface area contributed by atoms with Gasteiger partial charge in [-0.25, -0.2) is 14.8 Å². The summed E-state index contributed by atoms with van der Waals surface area (Å²) in [4.78, 5) is 31.3. The van der Waals surface area contributed by atoms with Crippen molar-refractivity contribution in [1.29, 1.82) is 0 Å². The summed E-state index contributed by atoms with van der Waals surface area (Å²) >= 11 is 0. The zero-order chi connectivity index (χ0) is 11.7. The molecule has 1 N–H and O–H groups in total. The highest BCUT2D eigenvalue weighted by molar-refractivity contribution is 5.85. The summed E-state index contributed by atoms with van der Waals surface area (Å²) in [7, 11) is 0. The van der Waals surface area contributed by atoms with Gasteiger partial charge in [-0.05, 0) is 6.07 Å². The number of nitrogens with zero attached hydrogens (tertiary/aromatic N) is 3. The first-order chi connectivity index (χ1) is 7.58. The number of hydrogen-bond acceptors (Lipinski definition) is 4. The lowest BCUT2D eigenvalue weighted by atomic mass is 9.99. The van der Waals surface area contributed by atoms with E-state index in [1.54, 1.807) is 4.90 Å². The van der Waals surface area contributed by atoms with Gasteiger partial charge in [0.2, 0.25) is 5.91 Å². The largest absolute Gasteiger partial charge is 0.477 e. The molecule has 1 aromatic heterocycles. The predicted molar refractivity (Wildman–Crippen MR) is 54.0 cm³/mol. The monoisotopic (exact) mass is 221 g/mol. The van der Waals surface area contributed by atoms with Gasteiger partial charge >= 0.3 is 5.97 Å². The highest BCUT2D eigenvalue weighted by Gasteiger charge is 2.32. The van der Waals surface area contributed by atoms with Crippen LogP contribution in [0.3, 0.4) is 0 Å². The fourth-order valence-corrected chi connectivity index (χ4v) is 1.59. The fourth-order valence-electron chi connectivity index (χ4n) is 1.59. The van der Waals surface area contributed by atoms with Crippen LogP contribution in [0.4, 0.5) is 0 Å². The molecule has 0 radical (unpaired) electrons. The van der Waals surface area contributed by atoms with Gasteiger partial charge in [0.05, 0.1) is 5.92 Å². The molecule has 0 saturated carbocycles. The van der Waals surface area contributed by atoms with E-state index in [0.717, 1.165) is 0 Å². The second-order valence-electron chi connectivity index (χ2n) is 3.73. The molecule has 16 heavy (non-hydrogen) atoms. The molecule has 0 unspecified atom stereocenters. The van der Waals surface area contributed by atoms with E-state index in [9.17, 15) is 9.59 Å². The maximum absolute atomic E-state index is 11.0. The summed E-state index contributed by atoms with van der Waals surface area (Å²) in [5.74, 6) is -0.488. The lowest BCUT2D eigenvalue weighted by Gasteiger charge is -2.37. The molecule has 2 rings (SSSR count). The third-order valence-electron chi connectivity index (χ3n) is 2.59. The smallest absolute Gasteiger partial charge is 0.354 e. The van der Waals surface area contributed by atoms with E-state index >= 15 is 0 Å². The Labute approximate surface area is 91.9 Å². The number of carbonyl (C=O) groups is 2. The highest BCUT2D eigenvalue weighted by atomic mass is 16.4. The van der Waals surface area contributed by atoms with E-state index < -0.39 is 5.97 Å². The molecule has 0 aromatic carbocycles. The van der Waals surface area contributed by atoms with Crippen molar-refractivity contribution in [3.63, 3.8) is 0 Å². The zero-order valence-electron chi connectivity index (χ0n) is 8.75. The number of hydrogen-bond donors (Lipinski definition) is 1. The predicted octanol–water partition coefficient (Wildman–Crippen LogP) is 0.120. The summed E-state index contributed by atoms with van der Waals surface area (Å²) in [5.41, 5.74) is -0.00808. The molecule has 84 valence electrons. The summed E-state index contributed by atoms with van der Waals surface area (Å²) in [5, 5.41) is 8.77. The minimum absolute atomic E-state index is 0.00808. The van der Waals surface area contributed by atoms with Gasteiger partial charge < -0.3 is 10.0 Å². The summed E-state index contributed by atoms with van der Waals surface area (Å²) < 4.78 is 0. The molecular weight excluding hydrogens is 210 g/mol. The highest BCUT2D eigenvalue weighted by Crippen LogP contribution is 2.23. The van der Waals surface area contributed by atoms with Crippen molar-refractivity contribution >= 4 is 11.9 Å². The Kier molecular flexibility index (Phi) is 2.55. The Morgan fingerprint density at radius 3 is 2.75 bits per heavy atom. The van der Waals surface area contributed by atoms with Crippen LogP contribution in [-0.4, -0.2) is 44.9 Å². The quantitative estimate of drug-likeness (QED) is 0.766. The molecule has 1 saturated heterocycles. The molecule has 1 amide bonds. The summed E-state index contributed by atoms with van der Waals surface area (Å²) in [6, 6.07) is 1.35. The molecule has 1 fully saturated rings. The van der Waals surface area contributed by atoms with Gasteiger partial charge in [-0.2, -0.15) is 0 Å². The number of carboxylic acid groups (broad SMARTS) is 1. The molecule has 0 spiro atoms. The van der Waals surface area contributed by atoms with Crippen LogP contribution < -0.4 is 0 Å². The number of rotatable bonds is 2. The van der Waals surface area contributed by atoms with Crippen molar-refractivity contribution in [3.8, 4) is 0 Å². The normalized spacial score (nSPS) is 15.7. The minimum atomic E-state index is -1.06. The van der Waals surface area contributed by atoms with E-state index in [1.165, 1.54) is 19.2 Å². The van der Waals surface area contributed by atoms with Gasteiger partial charge in [0.15, 0.2) is 5.69 Å². The van der Waals surface area contributed by atoms with Gasteiger partial charge in [-0.3, -0.25) is 4.79 Å². The van der Waals surface area contributed by atoms with Crippen molar-refractivity contribution in [3.05, 3.63) is 23.8 Å². The van der Waals surface area contributed by atoms with Gasteiger partial charge in [-0.1, -0.05) is 0 Å². The Balaban J connectivity index is 2.09. The topological polar surface area (TPSA) is 83.4 Å². The number of aromatic nitrogens is 2. The summed E-state index contributed by atoms with van der Waals surface area (Å²) in [6.07, 6.45) is 1.43. The van der Waals surface area contributed by atoms with Crippen molar-refractivity contribution in [2.24, 2.45) is 0 Å². The molecule has 6 heteroatoms. The van der Waals surface area contributed by atoms with Crippen LogP contribution in [0.2, 0.25) is 0 Å². The van der Waals surface area contributed by atoms with Gasteiger partial charge in [0, 0.05) is 26.2 Å². The molecule has 0 atom stereocenters. The number of carboxylic acids is 1. The van der Waals surface area contributed by atoms with Gasteiger partial charge in [-0.15, -0.1) is 0 Å². The number of carbonyl (C=O) groups excluding carboxylic acids is 1. The lowest BCUT2D eigenvalue weighted by Crippen LogP contribution is -2.48. The second-order valence-corrected chi connectivity index (χ2v) is 3.73. The maximum atomic E-state index is 11.0. The van der Waals surface area contributed by atoms with Gasteiger partial charge in [0.25, 0.3) is 0 Å². The molecular formula is C10H11N3O3. The molecule has 1 aliphatic heterocycles. The Bertz CT molecular complexity index is 441. The van der Waals surface area contributed by atoms with E-state index in [4.69, 9.17) is 5.11 Å². The third kappa shape index (κ3) is 1.86. The van der Waals surface area contributed by atoms with E-state index in [-0.39, 0.29) is 17.5 Å². The van der Waals surface area contributed by atoms with Crippen molar-refractivity contribution < 1.29 is 14.7 Å². The molecule has 1 aromatic rings. The standard InChI is InChI=1S/C10H11N3O3/c1-6(14)13-4-7(5-13)9-11-3-2-8(12-9)10(15)16/h2-3,7H,4-5H2,1H3,(H,15,16). The average molecular weight is 221 g/mol. The Hall–Kier alpha value is -1.98. The van der Waals surface area contributed by atoms with E-state index in [2.05, 4.69) is 9.97 Å².